The second-order valence-electron chi connectivity index (χ2n) is 9.78. The predicted octanol–water partition coefficient (Wildman–Crippen LogP) is 5.76. The molecule has 0 radical (unpaired) electrons. The highest BCUT2D eigenvalue weighted by molar-refractivity contribution is 7.89. The lowest BCUT2D eigenvalue weighted by Crippen LogP contribution is -2.45. The van der Waals surface area contributed by atoms with Gasteiger partial charge in [-0.15, -0.1) is 0 Å². The van der Waals surface area contributed by atoms with Crippen LogP contribution in [-0.4, -0.2) is 36.2 Å². The van der Waals surface area contributed by atoms with Crippen molar-refractivity contribution in [1.29, 1.82) is 0 Å². The second-order valence-corrected chi connectivity index (χ2v) is 11.7. The molecule has 2 N–H and O–H groups in total. The van der Waals surface area contributed by atoms with Gasteiger partial charge < -0.3 is 10.6 Å². The Hall–Kier alpha value is -4.55. The van der Waals surface area contributed by atoms with E-state index in [-0.39, 0.29) is 18.0 Å². The number of benzene rings is 3. The molecule has 4 aromatic rings. The molecule has 0 unspecified atom stereocenters. The van der Waals surface area contributed by atoms with Crippen LogP contribution in [0, 0.1) is 5.82 Å². The number of anilines is 1. The Balaban J connectivity index is 1.36. The van der Waals surface area contributed by atoms with E-state index in [0.29, 0.717) is 29.2 Å². The van der Waals surface area contributed by atoms with Crippen molar-refractivity contribution in [3.8, 4) is 11.3 Å². The van der Waals surface area contributed by atoms with Crippen LogP contribution in [0.25, 0.3) is 11.3 Å². The van der Waals surface area contributed by atoms with Crippen molar-refractivity contribution in [1.82, 2.24) is 14.6 Å². The number of carbonyl (C=O) groups is 1. The first-order valence-corrected chi connectivity index (χ1v) is 14.6. The van der Waals surface area contributed by atoms with Crippen molar-refractivity contribution in [3.05, 3.63) is 126 Å². The van der Waals surface area contributed by atoms with Gasteiger partial charge >= 0.3 is 6.18 Å². The zero-order valence-corrected chi connectivity index (χ0v) is 23.4. The summed E-state index contributed by atoms with van der Waals surface area (Å²) in [6.07, 6.45) is -1.44. The molecule has 0 fully saturated rings. The Bertz CT molecular complexity index is 1730. The Morgan fingerprint density at radius 2 is 1.60 bits per heavy atom. The highest BCUT2D eigenvalue weighted by Gasteiger charge is 2.36. The molecule has 1 atom stereocenters. The molecular formula is C31H26F4N4O3S. The average molecular weight is 611 g/mol. The molecule has 0 aliphatic carbocycles. The van der Waals surface area contributed by atoms with Gasteiger partial charge in [-0.2, -0.15) is 17.5 Å². The van der Waals surface area contributed by atoms with Crippen LogP contribution in [0.3, 0.4) is 0 Å². The molecule has 1 amide bonds. The minimum Gasteiger partial charge on any atom is -0.366 e. The predicted molar refractivity (Wildman–Crippen MR) is 154 cm³/mol. The first-order valence-electron chi connectivity index (χ1n) is 13.2. The zero-order chi connectivity index (χ0) is 30.6. The lowest BCUT2D eigenvalue weighted by Gasteiger charge is -2.23. The van der Waals surface area contributed by atoms with E-state index in [9.17, 15) is 30.8 Å². The van der Waals surface area contributed by atoms with E-state index in [1.54, 1.807) is 18.2 Å². The molecule has 2 heterocycles. The minimum atomic E-state index is -4.48. The summed E-state index contributed by atoms with van der Waals surface area (Å²) >= 11 is 0. The molecule has 0 saturated heterocycles. The van der Waals surface area contributed by atoms with Gasteiger partial charge in [0.25, 0.3) is 0 Å². The fourth-order valence-electron chi connectivity index (χ4n) is 4.55. The monoisotopic (exact) mass is 610 g/mol. The molecule has 12 heteroatoms. The van der Waals surface area contributed by atoms with E-state index in [2.05, 4.69) is 15.6 Å². The number of sulfonamides is 1. The number of nitrogens with zero attached hydrogens (tertiary/aromatic N) is 2. The Morgan fingerprint density at radius 3 is 2.28 bits per heavy atom. The van der Waals surface area contributed by atoms with Gasteiger partial charge in [0.05, 0.1) is 16.2 Å². The number of carbonyl (C=O) groups excluding carboxylic acids is 1. The Labute approximate surface area is 245 Å². The normalized spacial score (nSPS) is 15.4. The quantitative estimate of drug-likeness (QED) is 0.186. The van der Waals surface area contributed by atoms with E-state index in [0.717, 1.165) is 46.3 Å². The molecule has 1 aliphatic rings. The van der Waals surface area contributed by atoms with Crippen molar-refractivity contribution in [3.63, 3.8) is 0 Å². The van der Waals surface area contributed by atoms with E-state index < -0.39 is 39.5 Å². The summed E-state index contributed by atoms with van der Waals surface area (Å²) in [4.78, 5) is 17.6. The molecule has 3 aromatic carbocycles. The van der Waals surface area contributed by atoms with Gasteiger partial charge in [0.15, 0.2) is 0 Å². The summed E-state index contributed by atoms with van der Waals surface area (Å²) in [6, 6.07) is 20.7. The molecule has 0 spiro atoms. The number of hydrogen-bond acceptors (Lipinski definition) is 5. The number of pyridine rings is 1. The summed E-state index contributed by atoms with van der Waals surface area (Å²) in [7, 11) is -4.09. The first-order chi connectivity index (χ1) is 20.5. The summed E-state index contributed by atoms with van der Waals surface area (Å²) in [5.41, 5.74) is 1.61. The largest absolute Gasteiger partial charge is 0.416 e. The van der Waals surface area contributed by atoms with Gasteiger partial charge in [-0.3, -0.25) is 4.79 Å². The van der Waals surface area contributed by atoms with E-state index in [1.807, 2.05) is 30.3 Å². The van der Waals surface area contributed by atoms with Gasteiger partial charge in [-0.1, -0.05) is 54.6 Å². The lowest BCUT2D eigenvalue weighted by molar-refractivity contribution is -0.137. The van der Waals surface area contributed by atoms with Crippen LogP contribution in [0.5, 0.6) is 0 Å². The van der Waals surface area contributed by atoms with Crippen LogP contribution in [0.2, 0.25) is 0 Å². The number of halogens is 4. The summed E-state index contributed by atoms with van der Waals surface area (Å²) in [5, 5.41) is 5.96. The van der Waals surface area contributed by atoms with Gasteiger partial charge in [0, 0.05) is 25.2 Å². The van der Waals surface area contributed by atoms with E-state index in [4.69, 9.17) is 0 Å². The number of aromatic nitrogens is 1. The third kappa shape index (κ3) is 7.09. The van der Waals surface area contributed by atoms with Crippen molar-refractivity contribution in [2.75, 3.05) is 11.9 Å². The third-order valence-corrected chi connectivity index (χ3v) is 8.64. The van der Waals surface area contributed by atoms with Crippen LogP contribution >= 0.6 is 0 Å². The van der Waals surface area contributed by atoms with Gasteiger partial charge in [-0.05, 0) is 59.7 Å². The van der Waals surface area contributed by atoms with E-state index in [1.165, 1.54) is 18.2 Å². The summed E-state index contributed by atoms with van der Waals surface area (Å²) in [6.45, 7) is 0.391. The topological polar surface area (TPSA) is 91.4 Å². The second kappa shape index (κ2) is 12.4. The average Bonchev–Trinajstić information content (AvgIpc) is 3.51. The first kappa shape index (κ1) is 29.9. The van der Waals surface area contributed by atoms with Gasteiger partial charge in [0.1, 0.15) is 17.7 Å². The highest BCUT2D eigenvalue weighted by Crippen LogP contribution is 2.31. The number of nitrogens with one attached hydrogen (secondary N) is 2. The molecule has 222 valence electrons. The molecule has 7 nitrogen and oxygen atoms in total. The molecule has 1 aliphatic heterocycles. The Morgan fingerprint density at radius 1 is 0.907 bits per heavy atom. The highest BCUT2D eigenvalue weighted by atomic mass is 32.2. The third-order valence-electron chi connectivity index (χ3n) is 6.78. The van der Waals surface area contributed by atoms with Crippen molar-refractivity contribution in [2.45, 2.75) is 30.2 Å². The van der Waals surface area contributed by atoms with Gasteiger partial charge in [0.2, 0.25) is 15.9 Å². The molecule has 1 aromatic heterocycles. The van der Waals surface area contributed by atoms with Crippen molar-refractivity contribution < 1.29 is 30.8 Å². The van der Waals surface area contributed by atoms with Crippen LogP contribution in [0.1, 0.15) is 16.7 Å². The maximum Gasteiger partial charge on any atom is 0.416 e. The summed E-state index contributed by atoms with van der Waals surface area (Å²) in [5.74, 6) is -0.726. The van der Waals surface area contributed by atoms with Crippen LogP contribution in [0.15, 0.2) is 108 Å². The molecule has 43 heavy (non-hydrogen) atoms. The number of hydrogen-bond donors (Lipinski definition) is 2. The number of amides is 1. The molecule has 0 bridgehead atoms. The smallest absolute Gasteiger partial charge is 0.366 e. The maximum absolute atomic E-state index is 13.3. The minimum absolute atomic E-state index is 0.0101. The van der Waals surface area contributed by atoms with Crippen LogP contribution < -0.4 is 10.6 Å². The zero-order valence-electron chi connectivity index (χ0n) is 22.6. The lowest BCUT2D eigenvalue weighted by atomic mass is 10.1. The van der Waals surface area contributed by atoms with Crippen LogP contribution in [-0.2, 0) is 34.1 Å². The van der Waals surface area contributed by atoms with Gasteiger partial charge in [-0.25, -0.2) is 17.8 Å². The van der Waals surface area contributed by atoms with Crippen molar-refractivity contribution in [2.24, 2.45) is 0 Å². The van der Waals surface area contributed by atoms with Crippen LogP contribution in [0.4, 0.5) is 23.4 Å². The SMILES string of the molecule is O=C(NCc1cc(NCc2ccccc2)nc(-c2ccc(C(F)(F)F)cc2)c1)[C@@H]1C=CCN1S(=O)(=O)c1ccc(F)cc1. The number of rotatable bonds is 9. The molecule has 5 rings (SSSR count). The van der Waals surface area contributed by atoms with E-state index >= 15 is 0 Å². The Kier molecular flexibility index (Phi) is 8.60. The fraction of sp³-hybridized carbons (Fsp3) is 0.161. The fourth-order valence-corrected chi connectivity index (χ4v) is 6.05. The summed E-state index contributed by atoms with van der Waals surface area (Å²) < 4.78 is 80.0. The molecular weight excluding hydrogens is 584 g/mol. The number of alkyl halides is 3. The standard InChI is InChI=1S/C31H26F4N4O3S/c32-25-12-14-26(15-13-25)43(41,42)39-16-4-7-28(39)30(40)37-20-22-17-27(23-8-10-24(11-9-23)31(33,34)35)38-29(18-22)36-19-21-5-2-1-3-6-21/h1-15,17-18,28H,16,19-20H2,(H,36,38)(H,37,40)/t28-/m0/s1. The van der Waals surface area contributed by atoms with Crippen molar-refractivity contribution >= 4 is 21.7 Å². The maximum atomic E-state index is 13.3. The molecule has 0 saturated carbocycles.